The molecule has 0 saturated carbocycles. The van der Waals surface area contributed by atoms with E-state index in [0.29, 0.717) is 11.4 Å². The van der Waals surface area contributed by atoms with Gasteiger partial charge in [-0.25, -0.2) is 9.37 Å². The molecule has 100 valence electrons. The average molecular weight is 279 g/mol. The number of nitrogens with zero attached hydrogens (tertiary/aromatic N) is 2. The second-order valence-corrected chi connectivity index (χ2v) is 4.62. The molecule has 0 atom stereocenters. The quantitative estimate of drug-likeness (QED) is 0.776. The number of hydrogen-bond donors (Lipinski definition) is 0. The van der Waals surface area contributed by atoms with Crippen LogP contribution < -0.4 is 4.90 Å². The van der Waals surface area contributed by atoms with E-state index in [1.165, 1.54) is 17.8 Å². The van der Waals surface area contributed by atoms with Crippen molar-refractivity contribution in [1.82, 2.24) is 4.98 Å². The summed E-state index contributed by atoms with van der Waals surface area (Å²) in [5, 5.41) is 0. The van der Waals surface area contributed by atoms with Gasteiger partial charge in [-0.1, -0.05) is 19.1 Å². The molecule has 19 heavy (non-hydrogen) atoms. The number of pyridine rings is 1. The molecule has 2 aromatic rings. The molecule has 0 aliphatic heterocycles. The number of benzene rings is 1. The van der Waals surface area contributed by atoms with Crippen LogP contribution in [0.1, 0.15) is 18.1 Å². The van der Waals surface area contributed by atoms with Gasteiger partial charge in [-0.05, 0) is 30.2 Å². The van der Waals surface area contributed by atoms with Crippen molar-refractivity contribution >= 4 is 23.1 Å². The van der Waals surface area contributed by atoms with Crippen LogP contribution in [-0.2, 0) is 12.3 Å². The van der Waals surface area contributed by atoms with E-state index in [4.69, 9.17) is 11.6 Å². The Kier molecular flexibility index (Phi) is 4.38. The Balaban J connectivity index is 2.34. The van der Waals surface area contributed by atoms with Crippen molar-refractivity contribution in [1.29, 1.82) is 0 Å². The van der Waals surface area contributed by atoms with Crippen molar-refractivity contribution in [3.8, 4) is 0 Å². The van der Waals surface area contributed by atoms with Crippen LogP contribution in [0.3, 0.4) is 0 Å². The molecule has 1 aromatic heterocycles. The standard InChI is InChI=1S/C15H16ClFN2/c1-3-11-4-6-14(7-5-11)19(2)15-12(9-16)8-13(17)10-18-15/h4-8,10H,3,9H2,1-2H3. The highest BCUT2D eigenvalue weighted by atomic mass is 35.5. The lowest BCUT2D eigenvalue weighted by Crippen LogP contribution is -2.13. The van der Waals surface area contributed by atoms with Crippen LogP contribution in [0.2, 0.25) is 0 Å². The Morgan fingerprint density at radius 2 is 1.95 bits per heavy atom. The van der Waals surface area contributed by atoms with Gasteiger partial charge in [0.15, 0.2) is 0 Å². The number of rotatable bonds is 4. The highest BCUT2D eigenvalue weighted by Gasteiger charge is 2.11. The Bertz CT molecular complexity index is 555. The molecule has 0 amide bonds. The van der Waals surface area contributed by atoms with Crippen LogP contribution >= 0.6 is 11.6 Å². The molecule has 0 aliphatic rings. The maximum atomic E-state index is 13.2. The highest BCUT2D eigenvalue weighted by Crippen LogP contribution is 2.26. The fraction of sp³-hybridized carbons (Fsp3) is 0.267. The second-order valence-electron chi connectivity index (χ2n) is 4.35. The van der Waals surface area contributed by atoms with E-state index in [1.807, 2.05) is 24.1 Å². The van der Waals surface area contributed by atoms with Gasteiger partial charge in [0, 0.05) is 18.3 Å². The van der Waals surface area contributed by atoms with Crippen LogP contribution in [0.5, 0.6) is 0 Å². The summed E-state index contributed by atoms with van der Waals surface area (Å²) in [6.45, 7) is 2.12. The summed E-state index contributed by atoms with van der Waals surface area (Å²) in [7, 11) is 1.90. The number of aromatic nitrogens is 1. The van der Waals surface area contributed by atoms with Crippen molar-refractivity contribution in [3.05, 3.63) is 53.5 Å². The maximum absolute atomic E-state index is 13.2. The SMILES string of the molecule is CCc1ccc(N(C)c2ncc(F)cc2CCl)cc1. The lowest BCUT2D eigenvalue weighted by Gasteiger charge is -2.21. The number of aryl methyl sites for hydroxylation is 1. The summed E-state index contributed by atoms with van der Waals surface area (Å²) in [6.07, 6.45) is 2.22. The van der Waals surface area contributed by atoms with E-state index in [2.05, 4.69) is 24.0 Å². The molecule has 4 heteroatoms. The summed E-state index contributed by atoms with van der Waals surface area (Å²) in [5.41, 5.74) is 2.97. The molecule has 1 aromatic carbocycles. The fourth-order valence-electron chi connectivity index (χ4n) is 1.95. The largest absolute Gasteiger partial charge is 0.329 e. The minimum absolute atomic E-state index is 0.234. The van der Waals surface area contributed by atoms with Crippen LogP contribution in [0.15, 0.2) is 36.5 Å². The molecule has 0 N–H and O–H groups in total. The lowest BCUT2D eigenvalue weighted by atomic mass is 10.1. The van der Waals surface area contributed by atoms with Crippen molar-refractivity contribution in [3.63, 3.8) is 0 Å². The van der Waals surface area contributed by atoms with Gasteiger partial charge in [-0.15, -0.1) is 11.6 Å². The second kappa shape index (κ2) is 6.02. The van der Waals surface area contributed by atoms with Gasteiger partial charge < -0.3 is 4.90 Å². The summed E-state index contributed by atoms with van der Waals surface area (Å²) >= 11 is 5.85. The van der Waals surface area contributed by atoms with Crippen LogP contribution in [0.25, 0.3) is 0 Å². The van der Waals surface area contributed by atoms with Gasteiger partial charge in [0.25, 0.3) is 0 Å². The Hall–Kier alpha value is -1.61. The number of halogens is 2. The molecule has 0 spiro atoms. The third-order valence-corrected chi connectivity index (χ3v) is 3.39. The predicted molar refractivity (Wildman–Crippen MR) is 77.6 cm³/mol. The zero-order valence-corrected chi connectivity index (χ0v) is 11.8. The Labute approximate surface area is 117 Å². The van der Waals surface area contributed by atoms with Crippen molar-refractivity contribution < 1.29 is 4.39 Å². The van der Waals surface area contributed by atoms with Gasteiger partial charge in [-0.3, -0.25) is 0 Å². The van der Waals surface area contributed by atoms with E-state index in [-0.39, 0.29) is 11.7 Å². The molecule has 0 unspecified atom stereocenters. The van der Waals surface area contributed by atoms with E-state index in [1.54, 1.807) is 0 Å². The van der Waals surface area contributed by atoms with Crippen LogP contribution in [0.4, 0.5) is 15.9 Å². The monoisotopic (exact) mass is 278 g/mol. The molecular weight excluding hydrogens is 263 g/mol. The Morgan fingerprint density at radius 1 is 1.26 bits per heavy atom. The molecule has 0 radical (unpaired) electrons. The van der Waals surface area contributed by atoms with Gasteiger partial charge >= 0.3 is 0 Å². The first kappa shape index (κ1) is 13.8. The van der Waals surface area contributed by atoms with Gasteiger partial charge in [-0.2, -0.15) is 0 Å². The van der Waals surface area contributed by atoms with Crippen molar-refractivity contribution in [2.24, 2.45) is 0 Å². The topological polar surface area (TPSA) is 16.1 Å². The minimum atomic E-state index is -0.367. The molecule has 0 bridgehead atoms. The molecule has 0 fully saturated rings. The third-order valence-electron chi connectivity index (χ3n) is 3.10. The fourth-order valence-corrected chi connectivity index (χ4v) is 2.15. The lowest BCUT2D eigenvalue weighted by molar-refractivity contribution is 0.619. The molecule has 2 nitrogen and oxygen atoms in total. The zero-order chi connectivity index (χ0) is 13.8. The average Bonchev–Trinajstić information content (AvgIpc) is 2.46. The van der Waals surface area contributed by atoms with E-state index >= 15 is 0 Å². The predicted octanol–water partition coefficient (Wildman–Crippen LogP) is 4.29. The summed E-state index contributed by atoms with van der Waals surface area (Å²) in [5.74, 6) is 0.548. The number of hydrogen-bond acceptors (Lipinski definition) is 2. The highest BCUT2D eigenvalue weighted by molar-refractivity contribution is 6.17. The Morgan fingerprint density at radius 3 is 2.53 bits per heavy atom. The zero-order valence-electron chi connectivity index (χ0n) is 11.0. The normalized spacial score (nSPS) is 10.5. The number of anilines is 2. The first-order chi connectivity index (χ1) is 9.15. The van der Waals surface area contributed by atoms with E-state index < -0.39 is 0 Å². The number of alkyl halides is 1. The minimum Gasteiger partial charge on any atom is -0.329 e. The van der Waals surface area contributed by atoms with E-state index in [9.17, 15) is 4.39 Å². The summed E-state index contributed by atoms with van der Waals surface area (Å²) in [4.78, 5) is 6.05. The van der Waals surface area contributed by atoms with Gasteiger partial charge in [0.05, 0.1) is 12.1 Å². The van der Waals surface area contributed by atoms with Crippen molar-refractivity contribution in [2.75, 3.05) is 11.9 Å². The molecule has 1 heterocycles. The molecule has 0 aliphatic carbocycles. The smallest absolute Gasteiger partial charge is 0.141 e. The van der Waals surface area contributed by atoms with Crippen LogP contribution in [0, 0.1) is 5.82 Å². The summed E-state index contributed by atoms with van der Waals surface area (Å²) in [6, 6.07) is 9.64. The summed E-state index contributed by atoms with van der Waals surface area (Å²) < 4.78 is 13.2. The molecular formula is C15H16ClFN2. The third kappa shape index (κ3) is 3.04. The molecule has 2 rings (SSSR count). The van der Waals surface area contributed by atoms with Gasteiger partial charge in [0.2, 0.25) is 0 Å². The maximum Gasteiger partial charge on any atom is 0.141 e. The van der Waals surface area contributed by atoms with E-state index in [0.717, 1.165) is 12.1 Å². The first-order valence-corrected chi connectivity index (χ1v) is 6.72. The van der Waals surface area contributed by atoms with Crippen LogP contribution in [-0.4, -0.2) is 12.0 Å². The van der Waals surface area contributed by atoms with Gasteiger partial charge in [0.1, 0.15) is 11.6 Å². The first-order valence-electron chi connectivity index (χ1n) is 6.18. The molecule has 0 saturated heterocycles. The van der Waals surface area contributed by atoms with Crippen molar-refractivity contribution in [2.45, 2.75) is 19.2 Å².